The van der Waals surface area contributed by atoms with Gasteiger partial charge in [-0.15, -0.1) is 0 Å². The number of allylic oxidation sites excluding steroid dienone is 2. The summed E-state index contributed by atoms with van der Waals surface area (Å²) in [5.74, 6) is 0.152. The first-order valence-electron chi connectivity index (χ1n) is 5.69. The quantitative estimate of drug-likeness (QED) is 0.831. The number of H-pyrrole nitrogens is 1. The predicted octanol–water partition coefficient (Wildman–Crippen LogP) is 2.06. The molecule has 1 heterocycles. The van der Waals surface area contributed by atoms with E-state index in [4.69, 9.17) is 0 Å². The van der Waals surface area contributed by atoms with Gasteiger partial charge in [-0.25, -0.2) is 4.98 Å². The summed E-state index contributed by atoms with van der Waals surface area (Å²) in [7, 11) is 0. The van der Waals surface area contributed by atoms with Gasteiger partial charge in [-0.05, 0) is 23.8 Å². The Hall–Kier alpha value is -1.36. The molecule has 1 aliphatic rings. The molecule has 0 spiro atoms. The summed E-state index contributed by atoms with van der Waals surface area (Å²) in [6, 6.07) is 1.53. The van der Waals surface area contributed by atoms with Gasteiger partial charge in [0.25, 0.3) is 5.56 Å². The van der Waals surface area contributed by atoms with Crippen LogP contribution in [0.15, 0.2) is 27.0 Å². The smallest absolute Gasteiger partial charge is 0.251 e. The summed E-state index contributed by atoms with van der Waals surface area (Å²) in [6.07, 6.45) is 4.72. The van der Waals surface area contributed by atoms with Gasteiger partial charge in [0.05, 0.1) is 0 Å². The number of aryl methyl sites for hydroxylation is 1. The average Bonchev–Trinajstić information content (AvgIpc) is 2.63. The van der Waals surface area contributed by atoms with Gasteiger partial charge >= 0.3 is 0 Å². The molecule has 1 aromatic rings. The lowest BCUT2D eigenvalue weighted by atomic mass is 10.2. The van der Waals surface area contributed by atoms with Gasteiger partial charge in [-0.1, -0.05) is 25.1 Å². The maximum atomic E-state index is 11.4. The Morgan fingerprint density at radius 1 is 1.41 bits per heavy atom. The highest BCUT2D eigenvalue weighted by atomic mass is 32.2. The zero-order chi connectivity index (χ0) is 12.3. The van der Waals surface area contributed by atoms with Crippen LogP contribution in [-0.2, 0) is 11.2 Å². The van der Waals surface area contributed by atoms with Crippen LogP contribution in [0.1, 0.15) is 31.9 Å². The molecule has 0 saturated heterocycles. The number of ketones is 1. The Balaban J connectivity index is 2.18. The highest BCUT2D eigenvalue weighted by molar-refractivity contribution is 8.03. The SMILES string of the molecule is CCCc1cc(=O)[nH]c(SC2=CC(=O)CC2)n1. The van der Waals surface area contributed by atoms with Crippen LogP contribution in [0.2, 0.25) is 0 Å². The zero-order valence-corrected chi connectivity index (χ0v) is 10.5. The maximum absolute atomic E-state index is 11.4. The summed E-state index contributed by atoms with van der Waals surface area (Å²) in [6.45, 7) is 2.05. The molecule has 0 saturated carbocycles. The molecule has 0 bridgehead atoms. The van der Waals surface area contributed by atoms with E-state index in [0.717, 1.165) is 29.9 Å². The standard InChI is InChI=1S/C12H14N2O2S/c1-2-3-8-6-11(16)14-12(13-8)17-10-5-4-9(15)7-10/h6-7H,2-5H2,1H3,(H,13,14,16). The highest BCUT2D eigenvalue weighted by Crippen LogP contribution is 2.30. The summed E-state index contributed by atoms with van der Waals surface area (Å²) >= 11 is 1.38. The molecule has 0 unspecified atom stereocenters. The van der Waals surface area contributed by atoms with E-state index in [-0.39, 0.29) is 11.3 Å². The van der Waals surface area contributed by atoms with E-state index in [1.807, 2.05) is 6.92 Å². The lowest BCUT2D eigenvalue weighted by Crippen LogP contribution is -2.09. The molecule has 0 radical (unpaired) electrons. The molecule has 2 rings (SSSR count). The van der Waals surface area contributed by atoms with Crippen LogP contribution in [0, 0.1) is 0 Å². The number of aromatic amines is 1. The molecule has 0 amide bonds. The fraction of sp³-hybridized carbons (Fsp3) is 0.417. The Morgan fingerprint density at radius 3 is 2.88 bits per heavy atom. The number of rotatable bonds is 4. The molecule has 0 atom stereocenters. The van der Waals surface area contributed by atoms with Crippen molar-refractivity contribution < 1.29 is 4.79 Å². The normalized spacial score (nSPS) is 15.1. The van der Waals surface area contributed by atoms with Crippen LogP contribution in [0.25, 0.3) is 0 Å². The van der Waals surface area contributed by atoms with Crippen molar-refractivity contribution in [3.63, 3.8) is 0 Å². The fourth-order valence-electron chi connectivity index (χ4n) is 1.69. The predicted molar refractivity (Wildman–Crippen MR) is 67.0 cm³/mol. The molecule has 17 heavy (non-hydrogen) atoms. The Morgan fingerprint density at radius 2 is 2.24 bits per heavy atom. The minimum Gasteiger partial charge on any atom is -0.301 e. The zero-order valence-electron chi connectivity index (χ0n) is 9.66. The lowest BCUT2D eigenvalue weighted by molar-refractivity contribution is -0.114. The second kappa shape index (κ2) is 5.31. The molecule has 1 N–H and O–H groups in total. The topological polar surface area (TPSA) is 62.8 Å². The summed E-state index contributed by atoms with van der Waals surface area (Å²) in [5, 5.41) is 0.585. The molecular formula is C12H14N2O2S. The third-order valence-electron chi connectivity index (χ3n) is 2.45. The number of hydrogen-bond acceptors (Lipinski definition) is 4. The van der Waals surface area contributed by atoms with Crippen molar-refractivity contribution in [2.24, 2.45) is 0 Å². The van der Waals surface area contributed by atoms with Crippen LogP contribution in [0.4, 0.5) is 0 Å². The summed E-state index contributed by atoms with van der Waals surface area (Å²) in [4.78, 5) is 30.6. The minimum absolute atomic E-state index is 0.129. The van der Waals surface area contributed by atoms with Crippen LogP contribution >= 0.6 is 11.8 Å². The van der Waals surface area contributed by atoms with Crippen LogP contribution in [-0.4, -0.2) is 15.8 Å². The van der Waals surface area contributed by atoms with E-state index in [2.05, 4.69) is 9.97 Å². The summed E-state index contributed by atoms with van der Waals surface area (Å²) in [5.41, 5.74) is 0.680. The van der Waals surface area contributed by atoms with E-state index in [9.17, 15) is 9.59 Å². The van der Waals surface area contributed by atoms with Crippen LogP contribution in [0.5, 0.6) is 0 Å². The molecular weight excluding hydrogens is 236 g/mol. The Kier molecular flexibility index (Phi) is 3.78. The fourth-order valence-corrected chi connectivity index (χ4v) is 2.65. The average molecular weight is 250 g/mol. The monoisotopic (exact) mass is 250 g/mol. The van der Waals surface area contributed by atoms with Crippen molar-refractivity contribution >= 4 is 17.5 Å². The number of nitrogens with zero attached hydrogens (tertiary/aromatic N) is 1. The first kappa shape index (κ1) is 12.1. The van der Waals surface area contributed by atoms with Gasteiger partial charge in [0.1, 0.15) is 0 Å². The third kappa shape index (κ3) is 3.30. The largest absolute Gasteiger partial charge is 0.301 e. The Labute approximate surface area is 104 Å². The van der Waals surface area contributed by atoms with Gasteiger partial charge in [-0.2, -0.15) is 0 Å². The Bertz CT molecular complexity index is 519. The lowest BCUT2D eigenvalue weighted by Gasteiger charge is -2.03. The maximum Gasteiger partial charge on any atom is 0.251 e. The molecule has 0 aliphatic heterocycles. The van der Waals surface area contributed by atoms with Crippen molar-refractivity contribution in [2.75, 3.05) is 0 Å². The first-order valence-corrected chi connectivity index (χ1v) is 6.50. The minimum atomic E-state index is -0.129. The molecule has 90 valence electrons. The molecule has 1 aliphatic carbocycles. The molecule has 4 nitrogen and oxygen atoms in total. The molecule has 1 aromatic heterocycles. The van der Waals surface area contributed by atoms with Crippen molar-refractivity contribution in [1.82, 2.24) is 9.97 Å². The number of carbonyl (C=O) groups is 1. The van der Waals surface area contributed by atoms with E-state index in [0.29, 0.717) is 11.6 Å². The number of thioether (sulfide) groups is 1. The third-order valence-corrected chi connectivity index (χ3v) is 3.42. The van der Waals surface area contributed by atoms with Crippen LogP contribution in [0.3, 0.4) is 0 Å². The van der Waals surface area contributed by atoms with E-state index in [1.165, 1.54) is 17.8 Å². The first-order chi connectivity index (χ1) is 8.17. The second-order valence-corrected chi connectivity index (χ2v) is 5.09. The van der Waals surface area contributed by atoms with Crippen molar-refractivity contribution in [3.05, 3.63) is 33.1 Å². The number of aromatic nitrogens is 2. The van der Waals surface area contributed by atoms with Crippen molar-refractivity contribution in [3.8, 4) is 0 Å². The number of hydrogen-bond donors (Lipinski definition) is 1. The van der Waals surface area contributed by atoms with Crippen LogP contribution < -0.4 is 5.56 Å². The van der Waals surface area contributed by atoms with Crippen molar-refractivity contribution in [2.45, 2.75) is 37.8 Å². The molecule has 5 heteroatoms. The van der Waals surface area contributed by atoms with Gasteiger partial charge in [0.15, 0.2) is 10.9 Å². The summed E-state index contributed by atoms with van der Waals surface area (Å²) < 4.78 is 0. The second-order valence-electron chi connectivity index (χ2n) is 3.97. The van der Waals surface area contributed by atoms with Crippen molar-refractivity contribution in [1.29, 1.82) is 0 Å². The van der Waals surface area contributed by atoms with Gasteiger partial charge < -0.3 is 4.98 Å². The molecule has 0 aromatic carbocycles. The van der Waals surface area contributed by atoms with E-state index < -0.39 is 0 Å². The van der Waals surface area contributed by atoms with E-state index >= 15 is 0 Å². The van der Waals surface area contributed by atoms with Gasteiger partial charge in [-0.3, -0.25) is 9.59 Å². The number of nitrogens with one attached hydrogen (secondary N) is 1. The van der Waals surface area contributed by atoms with Gasteiger partial charge in [0, 0.05) is 18.2 Å². The van der Waals surface area contributed by atoms with E-state index in [1.54, 1.807) is 6.08 Å². The molecule has 0 fully saturated rings. The highest BCUT2D eigenvalue weighted by Gasteiger charge is 2.14. The van der Waals surface area contributed by atoms with Gasteiger partial charge in [0.2, 0.25) is 0 Å². The number of carbonyl (C=O) groups excluding carboxylic acids is 1.